The smallest absolute Gasteiger partial charge is 0.133 e. The summed E-state index contributed by atoms with van der Waals surface area (Å²) in [5.41, 5.74) is 0. The number of hydrogen-bond acceptors (Lipinski definition) is 1. The van der Waals surface area contributed by atoms with Crippen LogP contribution in [0, 0.1) is 0 Å². The van der Waals surface area contributed by atoms with Crippen LogP contribution in [-0.4, -0.2) is 36.4 Å². The quantitative estimate of drug-likeness (QED) is 0.539. The maximum Gasteiger partial charge on any atom is 0.133 e. The van der Waals surface area contributed by atoms with Crippen LogP contribution in [0.1, 0.15) is 53.4 Å². The van der Waals surface area contributed by atoms with Crippen molar-refractivity contribution in [3.05, 3.63) is 0 Å². The number of quaternary nitrogens is 1. The molecule has 15 heavy (non-hydrogen) atoms. The zero-order chi connectivity index (χ0) is 11.7. The molecule has 0 aliphatic heterocycles. The molecule has 0 N–H and O–H groups in total. The molecule has 0 amide bonds. The lowest BCUT2D eigenvalue weighted by atomic mass is 10.1. The van der Waals surface area contributed by atoms with Crippen molar-refractivity contribution < 1.29 is 9.28 Å². The zero-order valence-corrected chi connectivity index (χ0v) is 11.0. The zero-order valence-electron chi connectivity index (χ0n) is 11.0. The van der Waals surface area contributed by atoms with E-state index in [0.29, 0.717) is 5.78 Å². The average Bonchev–Trinajstić information content (AvgIpc) is 2.25. The van der Waals surface area contributed by atoms with Crippen molar-refractivity contribution in [3.8, 4) is 0 Å². The molecule has 0 aliphatic rings. The summed E-state index contributed by atoms with van der Waals surface area (Å²) in [6, 6.07) is 0. The monoisotopic (exact) mass is 214 g/mol. The van der Waals surface area contributed by atoms with Crippen molar-refractivity contribution in [2.24, 2.45) is 0 Å². The van der Waals surface area contributed by atoms with Crippen molar-refractivity contribution in [1.29, 1.82) is 0 Å². The van der Waals surface area contributed by atoms with Crippen molar-refractivity contribution in [1.82, 2.24) is 0 Å². The molecular weight excluding hydrogens is 186 g/mol. The van der Waals surface area contributed by atoms with Crippen molar-refractivity contribution in [2.45, 2.75) is 53.4 Å². The Balaban J connectivity index is 3.85. The Kier molecular flexibility index (Phi) is 7.67. The fraction of sp³-hybridized carbons (Fsp3) is 0.923. The number of rotatable bonds is 9. The van der Waals surface area contributed by atoms with Gasteiger partial charge in [0.2, 0.25) is 0 Å². The summed E-state index contributed by atoms with van der Waals surface area (Å²) in [6.07, 6.45) is 3.61. The molecule has 0 saturated carbocycles. The Hall–Kier alpha value is -0.370. The Bertz CT molecular complexity index is 165. The van der Waals surface area contributed by atoms with Gasteiger partial charge in [-0.05, 0) is 27.2 Å². The van der Waals surface area contributed by atoms with Crippen LogP contribution < -0.4 is 0 Å². The van der Waals surface area contributed by atoms with Gasteiger partial charge in [0.25, 0.3) is 0 Å². The molecule has 2 heteroatoms. The van der Waals surface area contributed by atoms with Gasteiger partial charge in [-0.3, -0.25) is 4.79 Å². The minimum atomic E-state index is 0.443. The molecule has 0 aromatic rings. The van der Waals surface area contributed by atoms with Crippen molar-refractivity contribution in [3.63, 3.8) is 0 Å². The van der Waals surface area contributed by atoms with Crippen LogP contribution in [0.3, 0.4) is 0 Å². The van der Waals surface area contributed by atoms with E-state index in [0.717, 1.165) is 25.7 Å². The number of ketones is 1. The fourth-order valence-corrected chi connectivity index (χ4v) is 2.16. The van der Waals surface area contributed by atoms with Crippen molar-refractivity contribution in [2.75, 3.05) is 26.2 Å². The first-order chi connectivity index (χ1) is 7.14. The van der Waals surface area contributed by atoms with Gasteiger partial charge >= 0.3 is 0 Å². The average molecular weight is 214 g/mol. The van der Waals surface area contributed by atoms with E-state index in [1.807, 2.05) is 0 Å². The number of Topliss-reactive ketones (excluding diaryl/α,β-unsaturated/α-hetero) is 1. The van der Waals surface area contributed by atoms with E-state index in [1.165, 1.54) is 30.7 Å². The van der Waals surface area contributed by atoms with Crippen LogP contribution in [0.4, 0.5) is 0 Å². The summed E-state index contributed by atoms with van der Waals surface area (Å²) in [5, 5.41) is 0. The minimum Gasteiger partial charge on any atom is -0.324 e. The number of hydrogen-bond donors (Lipinski definition) is 0. The second kappa shape index (κ2) is 7.86. The Morgan fingerprint density at radius 3 is 1.87 bits per heavy atom. The maximum absolute atomic E-state index is 11.4. The van der Waals surface area contributed by atoms with Gasteiger partial charge in [-0.2, -0.15) is 0 Å². The summed E-state index contributed by atoms with van der Waals surface area (Å²) < 4.78 is 1.17. The summed E-state index contributed by atoms with van der Waals surface area (Å²) in [7, 11) is 0. The number of carbonyl (C=O) groups excluding carboxylic acids is 1. The van der Waals surface area contributed by atoms with Gasteiger partial charge in [-0.1, -0.05) is 6.92 Å². The maximum atomic E-state index is 11.4. The topological polar surface area (TPSA) is 17.1 Å². The molecule has 0 unspecified atom stereocenters. The largest absolute Gasteiger partial charge is 0.324 e. The van der Waals surface area contributed by atoms with E-state index in [2.05, 4.69) is 27.7 Å². The molecule has 0 heterocycles. The molecule has 2 nitrogen and oxygen atoms in total. The van der Waals surface area contributed by atoms with Gasteiger partial charge in [0.15, 0.2) is 0 Å². The lowest BCUT2D eigenvalue weighted by Crippen LogP contribution is -2.48. The Labute approximate surface area is 95.2 Å². The molecule has 0 bridgehead atoms. The first kappa shape index (κ1) is 14.6. The molecule has 0 fully saturated rings. The van der Waals surface area contributed by atoms with Gasteiger partial charge < -0.3 is 4.48 Å². The van der Waals surface area contributed by atoms with E-state index >= 15 is 0 Å². The third-order valence-corrected chi connectivity index (χ3v) is 3.63. The van der Waals surface area contributed by atoms with Gasteiger partial charge in [-0.15, -0.1) is 0 Å². The molecule has 0 aromatic heterocycles. The van der Waals surface area contributed by atoms with E-state index in [-0.39, 0.29) is 0 Å². The molecule has 0 atom stereocenters. The Morgan fingerprint density at radius 1 is 0.933 bits per heavy atom. The number of nitrogens with zero attached hydrogens (tertiary/aromatic N) is 1. The lowest BCUT2D eigenvalue weighted by molar-refractivity contribution is -0.923. The van der Waals surface area contributed by atoms with Gasteiger partial charge in [0, 0.05) is 19.3 Å². The normalized spacial score (nSPS) is 11.7. The molecule has 0 rings (SSSR count). The predicted molar refractivity (Wildman–Crippen MR) is 65.9 cm³/mol. The molecule has 0 aromatic carbocycles. The lowest BCUT2D eigenvalue weighted by Gasteiger charge is -2.35. The summed E-state index contributed by atoms with van der Waals surface area (Å²) in [5.74, 6) is 0.443. The van der Waals surface area contributed by atoms with Crippen LogP contribution in [0.25, 0.3) is 0 Å². The van der Waals surface area contributed by atoms with Crippen LogP contribution in [0.15, 0.2) is 0 Å². The molecule has 0 aliphatic carbocycles. The van der Waals surface area contributed by atoms with Crippen molar-refractivity contribution >= 4 is 5.78 Å². The van der Waals surface area contributed by atoms with E-state index in [9.17, 15) is 4.79 Å². The summed E-state index contributed by atoms with van der Waals surface area (Å²) >= 11 is 0. The van der Waals surface area contributed by atoms with E-state index < -0.39 is 0 Å². The van der Waals surface area contributed by atoms with E-state index in [1.54, 1.807) is 0 Å². The minimum absolute atomic E-state index is 0.443. The Morgan fingerprint density at radius 2 is 1.47 bits per heavy atom. The standard InChI is InChI=1S/C13H28NO/c1-5-10-13(15)11-9-12-14(6-2,7-3)8-4/h5-12H2,1-4H3/q+1. The van der Waals surface area contributed by atoms with Crippen LogP contribution in [0.5, 0.6) is 0 Å². The van der Waals surface area contributed by atoms with Crippen LogP contribution in [-0.2, 0) is 4.79 Å². The molecule has 0 radical (unpaired) electrons. The highest BCUT2D eigenvalue weighted by Gasteiger charge is 2.20. The molecule has 0 spiro atoms. The van der Waals surface area contributed by atoms with Gasteiger partial charge in [0.05, 0.1) is 26.2 Å². The second-order valence-electron chi connectivity index (χ2n) is 4.41. The van der Waals surface area contributed by atoms with Crippen LogP contribution >= 0.6 is 0 Å². The second-order valence-corrected chi connectivity index (χ2v) is 4.41. The van der Waals surface area contributed by atoms with Gasteiger partial charge in [0.1, 0.15) is 5.78 Å². The highest BCUT2D eigenvalue weighted by atomic mass is 16.1. The highest BCUT2D eigenvalue weighted by Crippen LogP contribution is 2.09. The number of carbonyl (C=O) groups is 1. The molecule has 0 saturated heterocycles. The first-order valence-corrected chi connectivity index (χ1v) is 6.50. The van der Waals surface area contributed by atoms with E-state index in [4.69, 9.17) is 0 Å². The van der Waals surface area contributed by atoms with Gasteiger partial charge in [-0.25, -0.2) is 0 Å². The fourth-order valence-electron chi connectivity index (χ4n) is 2.16. The molecular formula is C13H28NO+. The SMILES string of the molecule is CCCC(=O)CCC[N+](CC)(CC)CC. The highest BCUT2D eigenvalue weighted by molar-refractivity contribution is 5.78. The summed E-state index contributed by atoms with van der Waals surface area (Å²) in [6.45, 7) is 13.6. The predicted octanol–water partition coefficient (Wildman–Crippen LogP) is 3.01. The summed E-state index contributed by atoms with van der Waals surface area (Å²) in [4.78, 5) is 11.4. The molecule has 90 valence electrons. The van der Waals surface area contributed by atoms with Crippen LogP contribution in [0.2, 0.25) is 0 Å². The third kappa shape index (κ3) is 5.31. The first-order valence-electron chi connectivity index (χ1n) is 6.50. The third-order valence-electron chi connectivity index (χ3n) is 3.63.